The summed E-state index contributed by atoms with van der Waals surface area (Å²) in [6, 6.07) is 8.12. The fourth-order valence-corrected chi connectivity index (χ4v) is 3.24. The first-order valence-electron chi connectivity index (χ1n) is 8.88. The molecular formula is C20H18ClFN4O2. The third kappa shape index (κ3) is 3.63. The molecule has 1 N–H and O–H groups in total. The van der Waals surface area contributed by atoms with Gasteiger partial charge in [-0.15, -0.1) is 0 Å². The number of carbonyl (C=O) groups is 1. The van der Waals surface area contributed by atoms with Crippen molar-refractivity contribution in [1.82, 2.24) is 14.9 Å². The second-order valence-corrected chi connectivity index (χ2v) is 6.94. The first-order chi connectivity index (χ1) is 13.5. The third-order valence-corrected chi connectivity index (χ3v) is 4.89. The number of anilines is 2. The Kier molecular flexibility index (Phi) is 5.11. The third-order valence-electron chi connectivity index (χ3n) is 4.59. The second-order valence-electron chi connectivity index (χ2n) is 6.53. The van der Waals surface area contributed by atoms with Gasteiger partial charge >= 0.3 is 0 Å². The van der Waals surface area contributed by atoms with Crippen LogP contribution in [0.4, 0.5) is 15.8 Å². The molecule has 2 aromatic heterocycles. The smallest absolute Gasteiger partial charge is 0.257 e. The van der Waals surface area contributed by atoms with Crippen molar-refractivity contribution >= 4 is 39.9 Å². The number of nitrogens with one attached hydrogen (secondary N) is 1. The molecular weight excluding hydrogens is 383 g/mol. The maximum atomic E-state index is 13.9. The van der Waals surface area contributed by atoms with Crippen molar-refractivity contribution in [3.8, 4) is 0 Å². The molecule has 0 unspecified atom stereocenters. The number of amides is 1. The van der Waals surface area contributed by atoms with Crippen LogP contribution in [-0.4, -0.2) is 47.1 Å². The molecule has 1 saturated heterocycles. The van der Waals surface area contributed by atoms with Crippen LogP contribution in [0.5, 0.6) is 0 Å². The molecule has 1 aliphatic heterocycles. The lowest BCUT2D eigenvalue weighted by Crippen LogP contribution is -2.41. The minimum atomic E-state index is -0.542. The highest BCUT2D eigenvalue weighted by Crippen LogP contribution is 2.31. The number of hydrogen-bond donors (Lipinski definition) is 1. The van der Waals surface area contributed by atoms with Crippen LogP contribution < -0.4 is 5.32 Å². The van der Waals surface area contributed by atoms with Gasteiger partial charge in [0.05, 0.1) is 29.5 Å². The minimum absolute atomic E-state index is 0.0343. The number of morpholine rings is 1. The van der Waals surface area contributed by atoms with Crippen LogP contribution in [0.25, 0.3) is 11.0 Å². The molecule has 1 aliphatic rings. The Balaban J connectivity index is 1.81. The summed E-state index contributed by atoms with van der Waals surface area (Å²) in [7, 11) is 0. The molecule has 0 radical (unpaired) electrons. The van der Waals surface area contributed by atoms with Gasteiger partial charge in [-0.1, -0.05) is 11.6 Å². The molecule has 0 atom stereocenters. The van der Waals surface area contributed by atoms with E-state index in [4.69, 9.17) is 16.3 Å². The number of halogens is 2. The fraction of sp³-hybridized carbons (Fsp3) is 0.250. The largest absolute Gasteiger partial charge is 0.378 e. The Labute approximate surface area is 166 Å². The molecule has 0 aliphatic carbocycles. The molecule has 1 amide bonds. The van der Waals surface area contributed by atoms with Gasteiger partial charge in [-0.05, 0) is 37.3 Å². The van der Waals surface area contributed by atoms with Gasteiger partial charge in [0.25, 0.3) is 5.91 Å². The van der Waals surface area contributed by atoms with Crippen molar-refractivity contribution in [3.05, 3.63) is 58.6 Å². The van der Waals surface area contributed by atoms with E-state index in [-0.39, 0.29) is 10.9 Å². The molecule has 6 nitrogen and oxygen atoms in total. The predicted octanol–water partition coefficient (Wildman–Crippen LogP) is 3.95. The summed E-state index contributed by atoms with van der Waals surface area (Å²) in [6.07, 6.45) is 1.52. The zero-order valence-corrected chi connectivity index (χ0v) is 16.0. The molecule has 0 spiro atoms. The van der Waals surface area contributed by atoms with Crippen LogP contribution in [0.1, 0.15) is 16.1 Å². The topological polar surface area (TPSA) is 67.4 Å². The van der Waals surface area contributed by atoms with Gasteiger partial charge in [0.15, 0.2) is 5.65 Å². The van der Waals surface area contributed by atoms with Crippen LogP contribution in [0.3, 0.4) is 0 Å². The van der Waals surface area contributed by atoms with Crippen molar-refractivity contribution in [3.63, 3.8) is 0 Å². The normalized spacial score (nSPS) is 14.3. The quantitative estimate of drug-likeness (QED) is 0.721. The number of aryl methyl sites for hydroxylation is 1. The van der Waals surface area contributed by atoms with Gasteiger partial charge in [0.1, 0.15) is 5.82 Å². The monoisotopic (exact) mass is 400 g/mol. The summed E-state index contributed by atoms with van der Waals surface area (Å²) in [5.41, 5.74) is 2.74. The van der Waals surface area contributed by atoms with Gasteiger partial charge in [-0.25, -0.2) is 14.4 Å². The maximum Gasteiger partial charge on any atom is 0.257 e. The minimum Gasteiger partial charge on any atom is -0.378 e. The fourth-order valence-electron chi connectivity index (χ4n) is 3.12. The van der Waals surface area contributed by atoms with Gasteiger partial charge < -0.3 is 15.0 Å². The van der Waals surface area contributed by atoms with E-state index in [1.165, 1.54) is 18.3 Å². The molecule has 3 heterocycles. The highest BCUT2D eigenvalue weighted by atomic mass is 35.5. The van der Waals surface area contributed by atoms with Crippen LogP contribution in [0, 0.1) is 12.7 Å². The SMILES string of the molecule is Cc1ccc2c(Nc3ccc(Cl)c(F)c3)c(C(=O)N3CCOCC3)cnc2n1. The van der Waals surface area contributed by atoms with Gasteiger partial charge in [0.2, 0.25) is 0 Å². The Bertz CT molecular complexity index is 1050. The lowest BCUT2D eigenvalue weighted by Gasteiger charge is -2.27. The Hall–Kier alpha value is -2.77. The zero-order valence-electron chi connectivity index (χ0n) is 15.2. The van der Waals surface area contributed by atoms with E-state index >= 15 is 0 Å². The van der Waals surface area contributed by atoms with Crippen molar-refractivity contribution in [2.45, 2.75) is 6.92 Å². The molecule has 1 aromatic carbocycles. The van der Waals surface area contributed by atoms with Crippen molar-refractivity contribution in [2.75, 3.05) is 31.6 Å². The second kappa shape index (κ2) is 7.69. The summed E-state index contributed by atoms with van der Waals surface area (Å²) in [6.45, 7) is 3.89. The molecule has 28 heavy (non-hydrogen) atoms. The van der Waals surface area contributed by atoms with Crippen LogP contribution in [0.15, 0.2) is 36.5 Å². The number of aromatic nitrogens is 2. The molecule has 0 bridgehead atoms. The summed E-state index contributed by atoms with van der Waals surface area (Å²) in [5, 5.41) is 3.88. The Morgan fingerprint density at radius 3 is 2.79 bits per heavy atom. The number of hydrogen-bond acceptors (Lipinski definition) is 5. The first-order valence-corrected chi connectivity index (χ1v) is 9.26. The highest BCUT2D eigenvalue weighted by molar-refractivity contribution is 6.30. The lowest BCUT2D eigenvalue weighted by atomic mass is 10.1. The van der Waals surface area contributed by atoms with E-state index in [1.54, 1.807) is 11.0 Å². The molecule has 4 rings (SSSR count). The van der Waals surface area contributed by atoms with E-state index in [0.29, 0.717) is 54.3 Å². The van der Waals surface area contributed by atoms with Crippen molar-refractivity contribution < 1.29 is 13.9 Å². The van der Waals surface area contributed by atoms with Gasteiger partial charge in [-0.2, -0.15) is 0 Å². The summed E-state index contributed by atoms with van der Waals surface area (Å²) in [5.74, 6) is -0.699. The molecule has 8 heteroatoms. The average molecular weight is 401 g/mol. The predicted molar refractivity (Wildman–Crippen MR) is 106 cm³/mol. The van der Waals surface area contributed by atoms with Crippen LogP contribution in [0.2, 0.25) is 5.02 Å². The number of nitrogens with zero attached hydrogens (tertiary/aromatic N) is 3. The van der Waals surface area contributed by atoms with E-state index < -0.39 is 5.82 Å². The molecule has 3 aromatic rings. The van der Waals surface area contributed by atoms with Gasteiger partial charge in [-0.3, -0.25) is 4.79 Å². The van der Waals surface area contributed by atoms with Crippen molar-refractivity contribution in [1.29, 1.82) is 0 Å². The number of rotatable bonds is 3. The summed E-state index contributed by atoms with van der Waals surface area (Å²) < 4.78 is 19.2. The number of benzene rings is 1. The van der Waals surface area contributed by atoms with E-state index in [0.717, 1.165) is 5.69 Å². The van der Waals surface area contributed by atoms with Crippen LogP contribution in [-0.2, 0) is 4.74 Å². The van der Waals surface area contributed by atoms with Gasteiger partial charge in [0, 0.05) is 36.1 Å². The van der Waals surface area contributed by atoms with E-state index in [2.05, 4.69) is 15.3 Å². The highest BCUT2D eigenvalue weighted by Gasteiger charge is 2.23. The maximum absolute atomic E-state index is 13.9. The summed E-state index contributed by atoms with van der Waals surface area (Å²) in [4.78, 5) is 23.6. The lowest BCUT2D eigenvalue weighted by molar-refractivity contribution is 0.0303. The molecule has 1 fully saturated rings. The number of pyridine rings is 2. The number of ether oxygens (including phenoxy) is 1. The first kappa shape index (κ1) is 18.6. The number of carbonyl (C=O) groups excluding carboxylic acids is 1. The molecule has 144 valence electrons. The van der Waals surface area contributed by atoms with E-state index in [1.807, 2.05) is 19.1 Å². The van der Waals surface area contributed by atoms with Crippen LogP contribution >= 0.6 is 11.6 Å². The zero-order chi connectivity index (χ0) is 19.7. The van der Waals surface area contributed by atoms with Crippen molar-refractivity contribution in [2.24, 2.45) is 0 Å². The van der Waals surface area contributed by atoms with E-state index in [9.17, 15) is 9.18 Å². The Morgan fingerprint density at radius 1 is 1.25 bits per heavy atom. The number of fused-ring (bicyclic) bond motifs is 1. The summed E-state index contributed by atoms with van der Waals surface area (Å²) >= 11 is 5.78. The average Bonchev–Trinajstić information content (AvgIpc) is 2.71. The standard InChI is InChI=1S/C20H18ClFN4O2/c1-12-2-4-14-18(25-13-3-5-16(21)17(22)10-13)15(11-23-19(14)24-12)20(27)26-6-8-28-9-7-26/h2-5,10-11H,6-9H2,1H3,(H,23,24,25). The Morgan fingerprint density at radius 2 is 2.04 bits per heavy atom. The molecule has 0 saturated carbocycles.